The lowest BCUT2D eigenvalue weighted by Crippen LogP contribution is -2.27. The molecule has 0 spiro atoms. The zero-order valence-corrected chi connectivity index (χ0v) is 12.1. The molecule has 1 aromatic heterocycles. The SMILES string of the molecule is CS(=O)(=O)NCCNc1ccc([N+](=O)[O-])c2ccncc12. The number of non-ortho nitro benzene ring substituents is 1. The van der Waals surface area contributed by atoms with E-state index in [1.807, 2.05) is 0 Å². The average molecular weight is 310 g/mol. The van der Waals surface area contributed by atoms with Crippen LogP contribution in [0, 0.1) is 10.1 Å². The summed E-state index contributed by atoms with van der Waals surface area (Å²) in [6.45, 7) is 0.576. The maximum Gasteiger partial charge on any atom is 0.277 e. The highest BCUT2D eigenvalue weighted by molar-refractivity contribution is 7.88. The Hall–Kier alpha value is -2.26. The lowest BCUT2D eigenvalue weighted by molar-refractivity contribution is -0.383. The van der Waals surface area contributed by atoms with E-state index in [1.165, 1.54) is 18.5 Å². The number of hydrogen-bond acceptors (Lipinski definition) is 6. The van der Waals surface area contributed by atoms with Crippen LogP contribution in [0.3, 0.4) is 0 Å². The van der Waals surface area contributed by atoms with E-state index < -0.39 is 14.9 Å². The van der Waals surface area contributed by atoms with E-state index in [9.17, 15) is 18.5 Å². The van der Waals surface area contributed by atoms with Gasteiger partial charge in [-0.3, -0.25) is 15.1 Å². The van der Waals surface area contributed by atoms with Gasteiger partial charge in [0.1, 0.15) is 0 Å². The first-order chi connectivity index (χ1) is 9.88. The Balaban J connectivity index is 2.22. The van der Waals surface area contributed by atoms with Gasteiger partial charge in [0.25, 0.3) is 5.69 Å². The lowest BCUT2D eigenvalue weighted by atomic mass is 10.1. The van der Waals surface area contributed by atoms with Crippen LogP contribution < -0.4 is 10.0 Å². The minimum Gasteiger partial charge on any atom is -0.383 e. The molecule has 0 unspecified atom stereocenters. The predicted molar refractivity (Wildman–Crippen MR) is 79.7 cm³/mol. The summed E-state index contributed by atoms with van der Waals surface area (Å²) in [5.74, 6) is 0. The first-order valence-electron chi connectivity index (χ1n) is 6.08. The summed E-state index contributed by atoms with van der Waals surface area (Å²) < 4.78 is 24.3. The van der Waals surface area contributed by atoms with Gasteiger partial charge in [0.15, 0.2) is 0 Å². The van der Waals surface area contributed by atoms with Gasteiger partial charge in [0.2, 0.25) is 10.0 Å². The lowest BCUT2D eigenvalue weighted by Gasteiger charge is -2.10. The molecular formula is C12H14N4O4S. The standard InChI is InChI=1S/C12H14N4O4S/c1-21(19,20)15-7-6-14-11-2-3-12(16(17)18)9-4-5-13-8-10(9)11/h2-5,8,14-15H,6-7H2,1H3. The summed E-state index contributed by atoms with van der Waals surface area (Å²) in [4.78, 5) is 14.5. The number of rotatable bonds is 6. The summed E-state index contributed by atoms with van der Waals surface area (Å²) in [5.41, 5.74) is 0.672. The van der Waals surface area contributed by atoms with Crippen molar-refractivity contribution >= 4 is 32.2 Å². The first kappa shape index (κ1) is 15.1. The molecule has 0 aliphatic rings. The van der Waals surface area contributed by atoms with Crippen molar-refractivity contribution in [3.8, 4) is 0 Å². The van der Waals surface area contributed by atoms with E-state index in [-0.39, 0.29) is 12.2 Å². The van der Waals surface area contributed by atoms with Crippen LogP contribution in [0.5, 0.6) is 0 Å². The van der Waals surface area contributed by atoms with E-state index in [1.54, 1.807) is 12.1 Å². The molecule has 112 valence electrons. The van der Waals surface area contributed by atoms with Crippen LogP contribution in [-0.2, 0) is 10.0 Å². The second-order valence-electron chi connectivity index (χ2n) is 4.40. The number of sulfonamides is 1. The van der Waals surface area contributed by atoms with Gasteiger partial charge in [-0.25, -0.2) is 13.1 Å². The van der Waals surface area contributed by atoms with Gasteiger partial charge in [-0.15, -0.1) is 0 Å². The summed E-state index contributed by atoms with van der Waals surface area (Å²) in [5, 5.41) is 15.1. The van der Waals surface area contributed by atoms with Gasteiger partial charge in [-0.1, -0.05) is 0 Å². The summed E-state index contributed by atoms with van der Waals surface area (Å²) in [6, 6.07) is 4.57. The molecule has 0 aliphatic carbocycles. The molecule has 0 amide bonds. The fourth-order valence-electron chi connectivity index (χ4n) is 1.92. The van der Waals surface area contributed by atoms with E-state index in [0.717, 1.165) is 6.26 Å². The first-order valence-corrected chi connectivity index (χ1v) is 7.97. The third-order valence-electron chi connectivity index (χ3n) is 2.80. The average Bonchev–Trinajstić information content (AvgIpc) is 2.42. The number of nitro groups is 1. The Kier molecular flexibility index (Phi) is 4.34. The van der Waals surface area contributed by atoms with Crippen LogP contribution in [0.1, 0.15) is 0 Å². The minimum absolute atomic E-state index is 0.00668. The van der Waals surface area contributed by atoms with Gasteiger partial charge >= 0.3 is 0 Å². The van der Waals surface area contributed by atoms with Crippen LogP contribution in [0.2, 0.25) is 0 Å². The Morgan fingerprint density at radius 2 is 2.00 bits per heavy atom. The number of hydrogen-bond donors (Lipinski definition) is 2. The van der Waals surface area contributed by atoms with E-state index in [4.69, 9.17) is 0 Å². The highest BCUT2D eigenvalue weighted by atomic mass is 32.2. The number of nitro benzene ring substituents is 1. The van der Waals surface area contributed by atoms with Crippen LogP contribution >= 0.6 is 0 Å². The van der Waals surface area contributed by atoms with E-state index in [0.29, 0.717) is 23.0 Å². The van der Waals surface area contributed by atoms with E-state index >= 15 is 0 Å². The number of fused-ring (bicyclic) bond motifs is 1. The van der Waals surface area contributed by atoms with Crippen LogP contribution in [0.15, 0.2) is 30.6 Å². The molecule has 1 aromatic carbocycles. The molecule has 0 bridgehead atoms. The normalized spacial score (nSPS) is 11.5. The Labute approximate surface area is 121 Å². The van der Waals surface area contributed by atoms with Gasteiger partial charge < -0.3 is 5.32 Å². The molecule has 0 radical (unpaired) electrons. The highest BCUT2D eigenvalue weighted by Gasteiger charge is 2.13. The summed E-state index contributed by atoms with van der Waals surface area (Å²) in [6.07, 6.45) is 4.11. The van der Waals surface area contributed by atoms with E-state index in [2.05, 4.69) is 15.0 Å². The number of nitrogens with zero attached hydrogens (tertiary/aromatic N) is 2. The third-order valence-corrected chi connectivity index (χ3v) is 3.52. The van der Waals surface area contributed by atoms with Crippen molar-refractivity contribution < 1.29 is 13.3 Å². The number of benzene rings is 1. The topological polar surface area (TPSA) is 114 Å². The second kappa shape index (κ2) is 6.02. The smallest absolute Gasteiger partial charge is 0.277 e. The Morgan fingerprint density at radius 3 is 2.67 bits per heavy atom. The zero-order chi connectivity index (χ0) is 15.5. The fourth-order valence-corrected chi connectivity index (χ4v) is 2.39. The molecule has 8 nitrogen and oxygen atoms in total. The van der Waals surface area contributed by atoms with Crippen molar-refractivity contribution in [1.29, 1.82) is 0 Å². The van der Waals surface area contributed by atoms with Crippen molar-refractivity contribution in [3.05, 3.63) is 40.7 Å². The monoisotopic (exact) mass is 310 g/mol. The molecule has 0 saturated carbocycles. The summed E-state index contributed by atoms with van der Waals surface area (Å²) in [7, 11) is -3.23. The number of aromatic nitrogens is 1. The third kappa shape index (κ3) is 3.86. The molecule has 2 rings (SSSR count). The molecule has 2 N–H and O–H groups in total. The van der Waals surface area contributed by atoms with Crippen molar-refractivity contribution in [2.24, 2.45) is 0 Å². The maximum absolute atomic E-state index is 11.0. The number of nitrogens with one attached hydrogen (secondary N) is 2. The van der Waals surface area contributed by atoms with Crippen molar-refractivity contribution in [3.63, 3.8) is 0 Å². The van der Waals surface area contributed by atoms with Crippen molar-refractivity contribution in [2.45, 2.75) is 0 Å². The molecule has 0 fully saturated rings. The molecule has 0 atom stereocenters. The molecule has 21 heavy (non-hydrogen) atoms. The maximum atomic E-state index is 11.0. The van der Waals surface area contributed by atoms with Gasteiger partial charge in [0, 0.05) is 42.6 Å². The highest BCUT2D eigenvalue weighted by Crippen LogP contribution is 2.30. The van der Waals surface area contributed by atoms with Gasteiger partial charge in [-0.05, 0) is 12.1 Å². The quantitative estimate of drug-likeness (QED) is 0.469. The Morgan fingerprint density at radius 1 is 1.24 bits per heavy atom. The minimum atomic E-state index is -3.23. The van der Waals surface area contributed by atoms with Gasteiger partial charge in [-0.2, -0.15) is 0 Å². The second-order valence-corrected chi connectivity index (χ2v) is 6.24. The predicted octanol–water partition coefficient (Wildman–Crippen LogP) is 1.10. The molecule has 0 saturated heterocycles. The Bertz CT molecular complexity index is 776. The molecule has 1 heterocycles. The summed E-state index contributed by atoms with van der Waals surface area (Å²) >= 11 is 0. The van der Waals surface area contributed by atoms with Crippen LogP contribution in [-0.4, -0.2) is 37.7 Å². The van der Waals surface area contributed by atoms with Crippen LogP contribution in [0.25, 0.3) is 10.8 Å². The number of pyridine rings is 1. The number of anilines is 1. The van der Waals surface area contributed by atoms with Crippen molar-refractivity contribution in [2.75, 3.05) is 24.7 Å². The van der Waals surface area contributed by atoms with Crippen molar-refractivity contribution in [1.82, 2.24) is 9.71 Å². The zero-order valence-electron chi connectivity index (χ0n) is 11.2. The fraction of sp³-hybridized carbons (Fsp3) is 0.250. The van der Waals surface area contributed by atoms with Gasteiger partial charge in [0.05, 0.1) is 16.6 Å². The van der Waals surface area contributed by atoms with Crippen LogP contribution in [0.4, 0.5) is 11.4 Å². The molecular weight excluding hydrogens is 296 g/mol. The molecule has 0 aliphatic heterocycles. The molecule has 2 aromatic rings. The molecule has 9 heteroatoms. The largest absolute Gasteiger partial charge is 0.383 e.